The number of furan rings is 1. The van der Waals surface area contributed by atoms with Crippen molar-refractivity contribution in [3.05, 3.63) is 54.0 Å². The van der Waals surface area contributed by atoms with Crippen LogP contribution in [0.2, 0.25) is 0 Å². The second kappa shape index (κ2) is 4.71. The number of amides is 1. The van der Waals surface area contributed by atoms with Crippen molar-refractivity contribution in [3.63, 3.8) is 0 Å². The number of carbonyl (C=O) groups is 1. The number of nitrogens with two attached hydrogens (primary N) is 1. The van der Waals surface area contributed by atoms with Gasteiger partial charge in [-0.1, -0.05) is 12.1 Å². The lowest BCUT2D eigenvalue weighted by Gasteiger charge is -2.23. The average molecular weight is 270 g/mol. The molecule has 0 radical (unpaired) electrons. The van der Waals surface area contributed by atoms with E-state index in [1.807, 2.05) is 43.4 Å². The van der Waals surface area contributed by atoms with Crippen LogP contribution in [0.4, 0.5) is 5.69 Å². The Labute approximate surface area is 118 Å². The van der Waals surface area contributed by atoms with E-state index >= 15 is 0 Å². The van der Waals surface area contributed by atoms with Gasteiger partial charge in [0.2, 0.25) is 5.91 Å². The van der Waals surface area contributed by atoms with Crippen LogP contribution < -0.4 is 5.73 Å². The first-order valence-corrected chi connectivity index (χ1v) is 6.76. The van der Waals surface area contributed by atoms with Crippen molar-refractivity contribution in [2.24, 2.45) is 0 Å². The molecule has 20 heavy (non-hydrogen) atoms. The van der Waals surface area contributed by atoms with Crippen molar-refractivity contribution in [3.8, 4) is 0 Å². The molecule has 1 amide bonds. The molecule has 1 fully saturated rings. The molecule has 4 heteroatoms. The van der Waals surface area contributed by atoms with Crippen LogP contribution in [0.3, 0.4) is 0 Å². The number of likely N-dealkylation sites (N-methyl/N-ethyl adjacent to an activating group) is 1. The fraction of sp³-hybridized carbons (Fsp3) is 0.312. The maximum absolute atomic E-state index is 12.7. The van der Waals surface area contributed by atoms with E-state index in [1.165, 1.54) is 0 Å². The van der Waals surface area contributed by atoms with E-state index in [1.54, 1.807) is 11.2 Å². The quantitative estimate of drug-likeness (QED) is 0.869. The molecule has 104 valence electrons. The third-order valence-corrected chi connectivity index (χ3v) is 3.94. The molecule has 3 rings (SSSR count). The molecule has 1 aliphatic carbocycles. The number of hydrogen-bond acceptors (Lipinski definition) is 3. The number of nitrogens with zero attached hydrogens (tertiary/aromatic N) is 1. The normalized spacial score (nSPS) is 15.8. The smallest absolute Gasteiger partial charge is 0.233 e. The second-order valence-electron chi connectivity index (χ2n) is 5.44. The number of anilines is 1. The van der Waals surface area contributed by atoms with Gasteiger partial charge in [0.05, 0.1) is 18.2 Å². The molecule has 1 aromatic heterocycles. The molecule has 4 nitrogen and oxygen atoms in total. The van der Waals surface area contributed by atoms with Gasteiger partial charge in [-0.25, -0.2) is 0 Å². The average Bonchev–Trinajstić information content (AvgIpc) is 3.10. The van der Waals surface area contributed by atoms with E-state index in [0.717, 1.165) is 29.9 Å². The fourth-order valence-corrected chi connectivity index (χ4v) is 2.63. The Morgan fingerprint density at radius 2 is 2.00 bits per heavy atom. The van der Waals surface area contributed by atoms with Crippen LogP contribution in [0.15, 0.2) is 47.1 Å². The summed E-state index contributed by atoms with van der Waals surface area (Å²) < 4.78 is 5.30. The SMILES string of the molecule is CN(Cc1ccco1)C(=O)C1(c2ccc(N)cc2)CC1. The summed E-state index contributed by atoms with van der Waals surface area (Å²) in [5.74, 6) is 0.952. The lowest BCUT2D eigenvalue weighted by Crippen LogP contribution is -2.36. The second-order valence-corrected chi connectivity index (χ2v) is 5.44. The Bertz CT molecular complexity index is 598. The van der Waals surface area contributed by atoms with Gasteiger partial charge in [0.15, 0.2) is 0 Å². The molecule has 0 saturated heterocycles. The topological polar surface area (TPSA) is 59.5 Å². The Morgan fingerprint density at radius 1 is 1.30 bits per heavy atom. The lowest BCUT2D eigenvalue weighted by atomic mass is 9.94. The van der Waals surface area contributed by atoms with Crippen molar-refractivity contribution in [1.82, 2.24) is 4.90 Å². The van der Waals surface area contributed by atoms with Crippen LogP contribution in [-0.4, -0.2) is 17.9 Å². The van der Waals surface area contributed by atoms with E-state index < -0.39 is 0 Å². The van der Waals surface area contributed by atoms with Gasteiger partial charge in [0, 0.05) is 12.7 Å². The standard InChI is InChI=1S/C16H18N2O2/c1-18(11-14-3-2-10-20-14)15(19)16(8-9-16)12-4-6-13(17)7-5-12/h2-7,10H,8-9,11,17H2,1H3. The maximum Gasteiger partial charge on any atom is 0.233 e. The predicted octanol–water partition coefficient (Wildman–Crippen LogP) is 2.55. The van der Waals surface area contributed by atoms with Crippen LogP contribution in [0.5, 0.6) is 0 Å². The number of hydrogen-bond donors (Lipinski definition) is 1. The van der Waals surface area contributed by atoms with Crippen LogP contribution in [0, 0.1) is 0 Å². The number of rotatable bonds is 4. The van der Waals surface area contributed by atoms with Gasteiger partial charge in [-0.15, -0.1) is 0 Å². The van der Waals surface area contributed by atoms with E-state index in [0.29, 0.717) is 6.54 Å². The summed E-state index contributed by atoms with van der Waals surface area (Å²) in [6, 6.07) is 11.3. The molecule has 0 bridgehead atoms. The number of nitrogen functional groups attached to an aromatic ring is 1. The van der Waals surface area contributed by atoms with Crippen molar-refractivity contribution in [2.75, 3.05) is 12.8 Å². The highest BCUT2D eigenvalue weighted by molar-refractivity contribution is 5.91. The van der Waals surface area contributed by atoms with Gasteiger partial charge >= 0.3 is 0 Å². The van der Waals surface area contributed by atoms with Crippen LogP contribution in [0.25, 0.3) is 0 Å². The monoisotopic (exact) mass is 270 g/mol. The Kier molecular flexibility index (Phi) is 3.01. The highest BCUT2D eigenvalue weighted by atomic mass is 16.3. The molecule has 1 saturated carbocycles. The molecule has 0 atom stereocenters. The Balaban J connectivity index is 1.77. The van der Waals surface area contributed by atoms with Crippen LogP contribution in [-0.2, 0) is 16.8 Å². The van der Waals surface area contributed by atoms with Crippen molar-refractivity contribution in [1.29, 1.82) is 0 Å². The van der Waals surface area contributed by atoms with E-state index in [2.05, 4.69) is 0 Å². The summed E-state index contributed by atoms with van der Waals surface area (Å²) in [5.41, 5.74) is 7.14. The zero-order chi connectivity index (χ0) is 14.2. The summed E-state index contributed by atoms with van der Waals surface area (Å²) >= 11 is 0. The molecule has 0 aliphatic heterocycles. The Morgan fingerprint density at radius 3 is 2.55 bits per heavy atom. The summed E-state index contributed by atoms with van der Waals surface area (Å²) in [4.78, 5) is 14.4. The first-order valence-electron chi connectivity index (χ1n) is 6.76. The summed E-state index contributed by atoms with van der Waals surface area (Å²) in [6.45, 7) is 0.503. The predicted molar refractivity (Wildman–Crippen MR) is 76.9 cm³/mol. The molecule has 2 N–H and O–H groups in total. The largest absolute Gasteiger partial charge is 0.467 e. The molecular formula is C16H18N2O2. The van der Waals surface area contributed by atoms with E-state index in [4.69, 9.17) is 10.2 Å². The molecular weight excluding hydrogens is 252 g/mol. The maximum atomic E-state index is 12.7. The van der Waals surface area contributed by atoms with Crippen molar-refractivity contribution in [2.45, 2.75) is 24.8 Å². The first-order chi connectivity index (χ1) is 9.62. The van der Waals surface area contributed by atoms with Crippen molar-refractivity contribution < 1.29 is 9.21 Å². The Hall–Kier alpha value is -2.23. The molecule has 0 unspecified atom stereocenters. The van der Waals surface area contributed by atoms with E-state index in [-0.39, 0.29) is 11.3 Å². The van der Waals surface area contributed by atoms with Gasteiger partial charge in [-0.2, -0.15) is 0 Å². The summed E-state index contributed by atoms with van der Waals surface area (Å²) in [5, 5.41) is 0. The molecule has 1 aliphatic rings. The lowest BCUT2D eigenvalue weighted by molar-refractivity contribution is -0.133. The minimum absolute atomic E-state index is 0.152. The zero-order valence-corrected chi connectivity index (χ0v) is 11.5. The van der Waals surface area contributed by atoms with Crippen molar-refractivity contribution >= 4 is 11.6 Å². The molecule has 2 aromatic rings. The van der Waals surface area contributed by atoms with Gasteiger partial charge in [-0.05, 0) is 42.7 Å². The summed E-state index contributed by atoms with van der Waals surface area (Å²) in [6.07, 6.45) is 3.43. The highest BCUT2D eigenvalue weighted by Crippen LogP contribution is 2.49. The van der Waals surface area contributed by atoms with Gasteiger partial charge in [-0.3, -0.25) is 4.79 Å². The fourth-order valence-electron chi connectivity index (χ4n) is 2.63. The third kappa shape index (κ3) is 2.18. The molecule has 0 spiro atoms. The molecule has 1 heterocycles. The minimum Gasteiger partial charge on any atom is -0.467 e. The minimum atomic E-state index is -0.352. The van der Waals surface area contributed by atoms with Crippen LogP contribution in [0.1, 0.15) is 24.2 Å². The van der Waals surface area contributed by atoms with Gasteiger partial charge in [0.1, 0.15) is 5.76 Å². The van der Waals surface area contributed by atoms with Gasteiger partial charge < -0.3 is 15.1 Å². The number of carbonyl (C=O) groups excluding carboxylic acids is 1. The number of benzene rings is 1. The van der Waals surface area contributed by atoms with E-state index in [9.17, 15) is 4.79 Å². The molecule has 1 aromatic carbocycles. The third-order valence-electron chi connectivity index (χ3n) is 3.94. The highest BCUT2D eigenvalue weighted by Gasteiger charge is 2.52. The first kappa shape index (κ1) is 12.8. The zero-order valence-electron chi connectivity index (χ0n) is 11.5. The van der Waals surface area contributed by atoms with Crippen LogP contribution >= 0.6 is 0 Å². The summed E-state index contributed by atoms with van der Waals surface area (Å²) in [7, 11) is 1.82. The van der Waals surface area contributed by atoms with Gasteiger partial charge in [0.25, 0.3) is 0 Å².